The normalized spacial score (nSPS) is 11.9. The number of nitrogens with zero attached hydrogens (tertiary/aromatic N) is 2. The second-order valence-electron chi connectivity index (χ2n) is 6.58. The highest BCUT2D eigenvalue weighted by Gasteiger charge is 2.43. The van der Waals surface area contributed by atoms with E-state index in [1.54, 1.807) is 20.0 Å². The number of rotatable bonds is 6. The van der Waals surface area contributed by atoms with Gasteiger partial charge in [0.15, 0.2) is 21.4 Å². The van der Waals surface area contributed by atoms with E-state index in [-0.39, 0.29) is 10.6 Å². The SMILES string of the molecule is C=C(C)c1cc(NC(=O)C(C)(C)S(=O)(=O)c2ccc(OC)c(F)c2)n(C)n1. The van der Waals surface area contributed by atoms with Crippen LogP contribution < -0.4 is 10.1 Å². The van der Waals surface area contributed by atoms with Crippen molar-refractivity contribution in [1.29, 1.82) is 0 Å². The van der Waals surface area contributed by atoms with E-state index in [1.807, 2.05) is 0 Å². The molecule has 2 rings (SSSR count). The van der Waals surface area contributed by atoms with Crippen molar-refractivity contribution in [3.8, 4) is 5.75 Å². The Labute approximate surface area is 157 Å². The first-order valence-corrected chi connectivity index (χ1v) is 9.49. The number of halogens is 1. The van der Waals surface area contributed by atoms with Gasteiger partial charge in [0.2, 0.25) is 5.91 Å². The Morgan fingerprint density at radius 2 is 1.96 bits per heavy atom. The molecule has 146 valence electrons. The number of allylic oxidation sites excluding steroid dienone is 1. The van der Waals surface area contributed by atoms with E-state index < -0.39 is 26.3 Å². The molecule has 7 nitrogen and oxygen atoms in total. The van der Waals surface area contributed by atoms with Crippen LogP contribution in [0.3, 0.4) is 0 Å². The zero-order chi connectivity index (χ0) is 20.6. The maximum absolute atomic E-state index is 13.9. The Morgan fingerprint density at radius 3 is 2.44 bits per heavy atom. The Balaban J connectivity index is 2.36. The standard InChI is InChI=1S/C18H22FN3O4S/c1-11(2)14-10-16(22(5)21-14)20-17(23)18(3,4)27(24,25)12-7-8-15(26-6)13(19)9-12/h7-10H,1H2,2-6H3,(H,20,23). The minimum Gasteiger partial charge on any atom is -0.494 e. The van der Waals surface area contributed by atoms with Gasteiger partial charge in [0.05, 0.1) is 17.7 Å². The zero-order valence-corrected chi connectivity index (χ0v) is 16.6. The van der Waals surface area contributed by atoms with Crippen LogP contribution in [-0.4, -0.2) is 36.0 Å². The molecule has 0 aliphatic carbocycles. The van der Waals surface area contributed by atoms with Crippen molar-refractivity contribution in [2.45, 2.75) is 30.4 Å². The van der Waals surface area contributed by atoms with Gasteiger partial charge >= 0.3 is 0 Å². The molecule has 9 heteroatoms. The number of benzene rings is 1. The van der Waals surface area contributed by atoms with E-state index in [0.29, 0.717) is 17.1 Å². The Kier molecular flexibility index (Phi) is 5.46. The third-order valence-electron chi connectivity index (χ3n) is 4.21. The Morgan fingerprint density at radius 1 is 1.33 bits per heavy atom. The lowest BCUT2D eigenvalue weighted by molar-refractivity contribution is -0.117. The van der Waals surface area contributed by atoms with E-state index >= 15 is 0 Å². The minimum atomic E-state index is -4.18. The number of nitrogens with one attached hydrogen (secondary N) is 1. The smallest absolute Gasteiger partial charge is 0.246 e. The van der Waals surface area contributed by atoms with E-state index in [9.17, 15) is 17.6 Å². The lowest BCUT2D eigenvalue weighted by Crippen LogP contribution is -2.44. The molecule has 2 aromatic rings. The molecule has 0 saturated carbocycles. The van der Waals surface area contributed by atoms with E-state index in [1.165, 1.54) is 37.8 Å². The number of hydrogen-bond donors (Lipinski definition) is 1. The highest BCUT2D eigenvalue weighted by molar-refractivity contribution is 7.93. The van der Waals surface area contributed by atoms with Gasteiger partial charge in [-0.05, 0) is 44.5 Å². The second kappa shape index (κ2) is 7.15. The molecule has 1 amide bonds. The average molecular weight is 395 g/mol. The van der Waals surface area contributed by atoms with Gasteiger partial charge < -0.3 is 10.1 Å². The van der Waals surface area contributed by atoms with E-state index in [2.05, 4.69) is 17.0 Å². The summed E-state index contributed by atoms with van der Waals surface area (Å²) < 4.78 is 44.1. The molecule has 0 radical (unpaired) electrons. The fourth-order valence-electron chi connectivity index (χ4n) is 2.29. The summed E-state index contributed by atoms with van der Waals surface area (Å²) in [6.07, 6.45) is 0. The summed E-state index contributed by atoms with van der Waals surface area (Å²) in [5.41, 5.74) is 1.28. The summed E-state index contributed by atoms with van der Waals surface area (Å²) in [7, 11) is -1.29. The summed E-state index contributed by atoms with van der Waals surface area (Å²) in [6.45, 7) is 8.06. The number of anilines is 1. The van der Waals surface area contributed by atoms with Crippen LogP contribution >= 0.6 is 0 Å². The average Bonchev–Trinajstić information content (AvgIpc) is 2.95. The molecule has 0 fully saturated rings. The Hall–Kier alpha value is -2.68. The number of amides is 1. The minimum absolute atomic E-state index is 0.0848. The first-order valence-electron chi connectivity index (χ1n) is 8.01. The molecule has 27 heavy (non-hydrogen) atoms. The molecule has 1 aromatic carbocycles. The van der Waals surface area contributed by atoms with Crippen LogP contribution in [0.2, 0.25) is 0 Å². The van der Waals surface area contributed by atoms with Gasteiger partial charge in [0.1, 0.15) is 10.6 Å². The zero-order valence-electron chi connectivity index (χ0n) is 15.8. The van der Waals surface area contributed by atoms with Crippen LogP contribution in [0.1, 0.15) is 26.5 Å². The van der Waals surface area contributed by atoms with Crippen molar-refractivity contribution >= 4 is 27.1 Å². The van der Waals surface area contributed by atoms with Gasteiger partial charge in [-0.2, -0.15) is 5.10 Å². The first-order chi connectivity index (χ1) is 12.4. The number of aryl methyl sites for hydroxylation is 1. The molecule has 1 N–H and O–H groups in total. The van der Waals surface area contributed by atoms with E-state index in [0.717, 1.165) is 6.07 Å². The quantitative estimate of drug-likeness (QED) is 0.812. The summed E-state index contributed by atoms with van der Waals surface area (Å²) in [4.78, 5) is 12.4. The van der Waals surface area contributed by atoms with E-state index in [4.69, 9.17) is 4.74 Å². The maximum atomic E-state index is 13.9. The highest BCUT2D eigenvalue weighted by atomic mass is 32.2. The highest BCUT2D eigenvalue weighted by Crippen LogP contribution is 2.30. The van der Waals surface area contributed by atoms with Gasteiger partial charge in [-0.25, -0.2) is 12.8 Å². The Bertz CT molecular complexity index is 1010. The lowest BCUT2D eigenvalue weighted by Gasteiger charge is -2.24. The van der Waals surface area contributed by atoms with Crippen molar-refractivity contribution in [1.82, 2.24) is 9.78 Å². The van der Waals surface area contributed by atoms with Gasteiger partial charge in [0, 0.05) is 13.1 Å². The third-order valence-corrected chi connectivity index (χ3v) is 6.61. The largest absolute Gasteiger partial charge is 0.494 e. The molecule has 0 unspecified atom stereocenters. The third kappa shape index (κ3) is 3.73. The van der Waals surface area contributed by atoms with Crippen molar-refractivity contribution in [3.63, 3.8) is 0 Å². The molecule has 1 aromatic heterocycles. The van der Waals surface area contributed by atoms with Crippen molar-refractivity contribution in [2.75, 3.05) is 12.4 Å². The molecule has 0 atom stereocenters. The molecule has 0 bridgehead atoms. The van der Waals surface area contributed by atoms with Crippen LogP contribution in [0.4, 0.5) is 10.2 Å². The summed E-state index contributed by atoms with van der Waals surface area (Å²) in [6, 6.07) is 4.84. The molecule has 1 heterocycles. The summed E-state index contributed by atoms with van der Waals surface area (Å²) in [5, 5.41) is 6.75. The predicted octanol–water partition coefficient (Wildman–Crippen LogP) is 2.79. The molecule has 0 saturated heterocycles. The second-order valence-corrected chi connectivity index (χ2v) is 9.08. The van der Waals surface area contributed by atoms with Crippen molar-refractivity contribution in [2.24, 2.45) is 7.05 Å². The van der Waals surface area contributed by atoms with Crippen LogP contribution in [0, 0.1) is 5.82 Å². The molecule has 0 spiro atoms. The van der Waals surface area contributed by atoms with Crippen LogP contribution in [-0.2, 0) is 21.7 Å². The van der Waals surface area contributed by atoms with Crippen LogP contribution in [0.5, 0.6) is 5.75 Å². The number of methoxy groups -OCH3 is 1. The van der Waals surface area contributed by atoms with Crippen molar-refractivity contribution < 1.29 is 22.3 Å². The first kappa shape index (κ1) is 20.6. The number of ether oxygens (including phenoxy) is 1. The number of aromatic nitrogens is 2. The number of sulfone groups is 1. The van der Waals surface area contributed by atoms with Gasteiger partial charge in [-0.15, -0.1) is 0 Å². The van der Waals surface area contributed by atoms with Gasteiger partial charge in [-0.1, -0.05) is 6.58 Å². The topological polar surface area (TPSA) is 90.3 Å². The van der Waals surface area contributed by atoms with Crippen LogP contribution in [0.25, 0.3) is 5.57 Å². The summed E-state index contributed by atoms with van der Waals surface area (Å²) >= 11 is 0. The summed E-state index contributed by atoms with van der Waals surface area (Å²) in [5.74, 6) is -1.36. The molecule has 0 aliphatic rings. The predicted molar refractivity (Wildman–Crippen MR) is 101 cm³/mol. The van der Waals surface area contributed by atoms with Gasteiger partial charge in [0.25, 0.3) is 0 Å². The number of hydrogen-bond acceptors (Lipinski definition) is 5. The monoisotopic (exact) mass is 395 g/mol. The molecular weight excluding hydrogens is 373 g/mol. The number of carbonyl (C=O) groups excluding carboxylic acids is 1. The molecular formula is C18H22FN3O4S. The molecule has 0 aliphatic heterocycles. The maximum Gasteiger partial charge on any atom is 0.246 e. The fourth-order valence-corrected chi connectivity index (χ4v) is 3.68. The van der Waals surface area contributed by atoms with Gasteiger partial charge in [-0.3, -0.25) is 9.48 Å². The fraction of sp³-hybridized carbons (Fsp3) is 0.333. The lowest BCUT2D eigenvalue weighted by atomic mass is 10.2. The van der Waals surface area contributed by atoms with Crippen molar-refractivity contribution in [3.05, 3.63) is 42.4 Å². The number of carbonyl (C=O) groups is 1. The van der Waals surface area contributed by atoms with Crippen LogP contribution in [0.15, 0.2) is 35.7 Å².